The minimum Gasteiger partial charge on any atom is -0.495 e. The second-order valence-corrected chi connectivity index (χ2v) is 10.4. The van der Waals surface area contributed by atoms with Crippen LogP contribution in [0.2, 0.25) is 5.02 Å². The number of sulfonamides is 1. The third kappa shape index (κ3) is 6.20. The Balaban J connectivity index is 1.44. The number of anilines is 3. The van der Waals surface area contributed by atoms with Crippen molar-refractivity contribution in [2.45, 2.75) is 12.3 Å². The minimum atomic E-state index is -3.51. The number of halogens is 3. The molecule has 4 rings (SSSR count). The van der Waals surface area contributed by atoms with E-state index in [1.54, 1.807) is 12.1 Å². The standard InChI is InChI=1S/C22H22ClF2N5O4S/c1-34-20-8-18(30-11-22(24,25)12-30)10-27-19(20)7-15-3-13(9-26-15)21(31)28-16-4-14(23)5-17(6-16)29-35(2,32)33/h3-6,8-10,26,29H,7,11-12H2,1-2H3,(H,28,31). The average molecular weight is 526 g/mol. The van der Waals surface area contributed by atoms with Crippen LogP contribution in [-0.2, 0) is 16.4 Å². The van der Waals surface area contributed by atoms with Crippen molar-refractivity contribution in [2.24, 2.45) is 0 Å². The zero-order valence-corrected chi connectivity index (χ0v) is 20.3. The Morgan fingerprint density at radius 1 is 1.23 bits per heavy atom. The zero-order valence-electron chi connectivity index (χ0n) is 18.7. The van der Waals surface area contributed by atoms with E-state index < -0.39 is 21.9 Å². The molecule has 0 saturated carbocycles. The number of pyridine rings is 1. The van der Waals surface area contributed by atoms with Crippen LogP contribution in [0.25, 0.3) is 0 Å². The van der Waals surface area contributed by atoms with Gasteiger partial charge in [0.2, 0.25) is 10.0 Å². The van der Waals surface area contributed by atoms with Crippen LogP contribution >= 0.6 is 11.6 Å². The average Bonchev–Trinajstić information content (AvgIpc) is 3.19. The number of rotatable bonds is 8. The van der Waals surface area contributed by atoms with E-state index in [2.05, 4.69) is 20.0 Å². The van der Waals surface area contributed by atoms with Gasteiger partial charge in [0.25, 0.3) is 11.8 Å². The summed E-state index contributed by atoms with van der Waals surface area (Å²) in [5, 5.41) is 2.92. The van der Waals surface area contributed by atoms with Crippen LogP contribution in [0.5, 0.6) is 5.75 Å². The van der Waals surface area contributed by atoms with Gasteiger partial charge in [-0.25, -0.2) is 17.2 Å². The molecule has 1 amide bonds. The van der Waals surface area contributed by atoms with Gasteiger partial charge in [-0.1, -0.05) is 11.6 Å². The smallest absolute Gasteiger partial charge is 0.282 e. The molecule has 1 aliphatic rings. The van der Waals surface area contributed by atoms with Gasteiger partial charge in [-0.3, -0.25) is 14.5 Å². The van der Waals surface area contributed by atoms with Crippen LogP contribution in [0.1, 0.15) is 21.7 Å². The fraction of sp³-hybridized carbons (Fsp3) is 0.273. The number of carbonyl (C=O) groups excluding carboxylic acids is 1. The first-order valence-electron chi connectivity index (χ1n) is 10.3. The van der Waals surface area contributed by atoms with Crippen molar-refractivity contribution in [3.63, 3.8) is 0 Å². The van der Waals surface area contributed by atoms with Crippen molar-refractivity contribution in [2.75, 3.05) is 41.4 Å². The normalized spacial score (nSPS) is 14.8. The highest BCUT2D eigenvalue weighted by Gasteiger charge is 2.44. The fourth-order valence-electron chi connectivity index (χ4n) is 3.63. The highest BCUT2D eigenvalue weighted by Crippen LogP contribution is 2.34. The maximum atomic E-state index is 13.2. The number of benzene rings is 1. The molecular weight excluding hydrogens is 504 g/mol. The van der Waals surface area contributed by atoms with Crippen LogP contribution in [0.3, 0.4) is 0 Å². The van der Waals surface area contributed by atoms with Crippen molar-refractivity contribution < 1.29 is 26.7 Å². The number of ether oxygens (including phenoxy) is 1. The Bertz CT molecular complexity index is 1370. The summed E-state index contributed by atoms with van der Waals surface area (Å²) in [6, 6.07) is 7.66. The number of nitrogens with zero attached hydrogens (tertiary/aromatic N) is 2. The van der Waals surface area contributed by atoms with E-state index in [0.717, 1.165) is 6.26 Å². The van der Waals surface area contributed by atoms with Gasteiger partial charge in [0.15, 0.2) is 0 Å². The molecule has 0 radical (unpaired) electrons. The van der Waals surface area contributed by atoms with Crippen molar-refractivity contribution in [3.05, 3.63) is 64.7 Å². The molecule has 2 aromatic heterocycles. The maximum Gasteiger partial charge on any atom is 0.282 e. The summed E-state index contributed by atoms with van der Waals surface area (Å²) in [6.07, 6.45) is 4.36. The van der Waals surface area contributed by atoms with Crippen LogP contribution in [0.4, 0.5) is 25.8 Å². The second kappa shape index (κ2) is 9.34. The van der Waals surface area contributed by atoms with E-state index >= 15 is 0 Å². The molecule has 1 saturated heterocycles. The van der Waals surface area contributed by atoms with Crippen molar-refractivity contribution in [3.8, 4) is 5.75 Å². The van der Waals surface area contributed by atoms with Gasteiger partial charge >= 0.3 is 0 Å². The van der Waals surface area contributed by atoms with E-state index in [1.807, 2.05) is 0 Å². The predicted molar refractivity (Wildman–Crippen MR) is 129 cm³/mol. The number of nitrogens with one attached hydrogen (secondary N) is 3. The van der Waals surface area contributed by atoms with Crippen molar-refractivity contribution >= 4 is 44.6 Å². The number of methoxy groups -OCH3 is 1. The third-order valence-electron chi connectivity index (χ3n) is 5.17. The van der Waals surface area contributed by atoms with Gasteiger partial charge in [0, 0.05) is 35.1 Å². The zero-order chi connectivity index (χ0) is 25.4. The van der Waals surface area contributed by atoms with Crippen molar-refractivity contribution in [1.29, 1.82) is 0 Å². The topological polar surface area (TPSA) is 116 Å². The molecule has 1 aromatic carbocycles. The largest absolute Gasteiger partial charge is 0.495 e. The summed E-state index contributed by atoms with van der Waals surface area (Å²) in [7, 11) is -2.04. The highest BCUT2D eigenvalue weighted by molar-refractivity contribution is 7.92. The molecular formula is C22H22ClF2N5O4S. The van der Waals surface area contributed by atoms with Gasteiger partial charge in [-0.15, -0.1) is 0 Å². The molecule has 3 heterocycles. The van der Waals surface area contributed by atoms with E-state index in [9.17, 15) is 22.0 Å². The molecule has 1 fully saturated rings. The fourth-order valence-corrected chi connectivity index (χ4v) is 4.41. The van der Waals surface area contributed by atoms with E-state index in [4.69, 9.17) is 16.3 Å². The van der Waals surface area contributed by atoms with Crippen LogP contribution in [-0.4, -0.2) is 56.7 Å². The molecule has 0 atom stereocenters. The van der Waals surface area contributed by atoms with Crippen LogP contribution in [0.15, 0.2) is 42.7 Å². The molecule has 35 heavy (non-hydrogen) atoms. The number of hydrogen-bond acceptors (Lipinski definition) is 6. The van der Waals surface area contributed by atoms with Gasteiger partial charge in [0.05, 0.1) is 55.3 Å². The molecule has 3 aromatic rings. The van der Waals surface area contributed by atoms with Gasteiger partial charge < -0.3 is 19.9 Å². The Morgan fingerprint density at radius 3 is 2.60 bits per heavy atom. The van der Waals surface area contributed by atoms with Gasteiger partial charge in [-0.05, 0) is 24.3 Å². The lowest BCUT2D eigenvalue weighted by Crippen LogP contribution is -2.56. The number of alkyl halides is 2. The lowest BCUT2D eigenvalue weighted by atomic mass is 10.1. The quantitative estimate of drug-likeness (QED) is 0.412. The first kappa shape index (κ1) is 24.7. The van der Waals surface area contributed by atoms with E-state index in [0.29, 0.717) is 40.5 Å². The first-order valence-corrected chi connectivity index (χ1v) is 12.6. The van der Waals surface area contributed by atoms with Crippen LogP contribution in [0, 0.1) is 0 Å². The Kier molecular flexibility index (Phi) is 6.60. The Hall–Kier alpha value is -3.38. The molecule has 3 N–H and O–H groups in total. The predicted octanol–water partition coefficient (Wildman–Crippen LogP) is 3.74. The van der Waals surface area contributed by atoms with E-state index in [1.165, 1.54) is 42.6 Å². The monoisotopic (exact) mass is 525 g/mol. The maximum absolute atomic E-state index is 13.2. The summed E-state index contributed by atoms with van der Waals surface area (Å²) < 4.78 is 57.0. The SMILES string of the molecule is COc1cc(N2CC(F)(F)C2)cnc1Cc1cc(C(=O)Nc2cc(Cl)cc(NS(C)(=O)=O)c2)c[nH]1. The highest BCUT2D eigenvalue weighted by atomic mass is 35.5. The van der Waals surface area contributed by atoms with Crippen LogP contribution < -0.4 is 19.7 Å². The van der Waals surface area contributed by atoms with Gasteiger partial charge in [0.1, 0.15) is 5.75 Å². The Labute approximate surface area is 205 Å². The minimum absolute atomic E-state index is 0.216. The number of aromatic nitrogens is 2. The molecule has 186 valence electrons. The molecule has 0 unspecified atom stereocenters. The number of carbonyl (C=O) groups is 1. The molecule has 0 bridgehead atoms. The number of hydrogen-bond donors (Lipinski definition) is 3. The molecule has 1 aliphatic heterocycles. The summed E-state index contributed by atoms with van der Waals surface area (Å²) in [5.41, 5.74) is 2.66. The molecule has 0 spiro atoms. The van der Waals surface area contributed by atoms with Gasteiger partial charge in [-0.2, -0.15) is 0 Å². The first-order chi connectivity index (χ1) is 16.4. The summed E-state index contributed by atoms with van der Waals surface area (Å²) >= 11 is 6.04. The molecule has 9 nitrogen and oxygen atoms in total. The summed E-state index contributed by atoms with van der Waals surface area (Å²) in [4.78, 5) is 21.6. The number of amides is 1. The molecule has 13 heteroatoms. The summed E-state index contributed by atoms with van der Waals surface area (Å²) in [6.45, 7) is -0.713. The molecule has 0 aliphatic carbocycles. The Morgan fingerprint density at radius 2 is 1.94 bits per heavy atom. The third-order valence-corrected chi connectivity index (χ3v) is 5.99. The lowest BCUT2D eigenvalue weighted by Gasteiger charge is -2.40. The number of H-pyrrole nitrogens is 1. The van der Waals surface area contributed by atoms with Crippen molar-refractivity contribution in [1.82, 2.24) is 9.97 Å². The number of aromatic amines is 1. The second-order valence-electron chi connectivity index (χ2n) is 8.20. The summed E-state index contributed by atoms with van der Waals surface area (Å²) in [5.74, 6) is -2.68. The van der Waals surface area contributed by atoms with E-state index in [-0.39, 0.29) is 23.8 Å². The lowest BCUT2D eigenvalue weighted by molar-refractivity contribution is -0.0263.